The molecule has 0 spiro atoms. The molecule has 0 aromatic heterocycles. The molecule has 10 aromatic rings. The molecule has 66 heavy (non-hydrogen) atoms. The third-order valence-corrected chi connectivity index (χ3v) is 14.6. The molecule has 0 saturated carbocycles. The molecule has 0 amide bonds. The average Bonchev–Trinajstić information content (AvgIpc) is 3.83. The van der Waals surface area contributed by atoms with E-state index in [1.165, 1.54) is 117 Å². The van der Waals surface area contributed by atoms with Crippen molar-refractivity contribution in [3.8, 4) is 55.6 Å². The molecule has 0 bridgehead atoms. The maximum absolute atomic E-state index is 4.08. The lowest BCUT2D eigenvalue weighted by atomic mass is 9.57. The number of anilines is 5. The van der Waals surface area contributed by atoms with E-state index < -0.39 is 0 Å². The highest BCUT2D eigenvalue weighted by Gasteiger charge is 2.36. The van der Waals surface area contributed by atoms with Crippen LogP contribution in [0.5, 0.6) is 0 Å². The summed E-state index contributed by atoms with van der Waals surface area (Å²) in [5, 5.41) is 6.47. The van der Waals surface area contributed by atoms with Gasteiger partial charge in [0.2, 0.25) is 0 Å². The normalized spacial score (nSPS) is 13.5. The predicted molar refractivity (Wildman–Crippen MR) is 280 cm³/mol. The van der Waals surface area contributed by atoms with Gasteiger partial charge in [-0.3, -0.25) is 0 Å². The summed E-state index contributed by atoms with van der Waals surface area (Å²) in [6, 6.07) is 76.6. The van der Waals surface area contributed by atoms with Crippen molar-refractivity contribution in [2.45, 2.75) is 32.6 Å². The molecule has 0 atom stereocenters. The molecule has 1 radical (unpaired) electrons. The molecular weight excluding hydrogens is 796 g/mol. The van der Waals surface area contributed by atoms with Crippen LogP contribution in [-0.2, 0) is 11.8 Å². The lowest BCUT2D eigenvalue weighted by molar-refractivity contribution is 0.660. The van der Waals surface area contributed by atoms with Gasteiger partial charge in [-0.1, -0.05) is 183 Å². The molecule has 3 heteroatoms. The highest BCUT2D eigenvalue weighted by molar-refractivity contribution is 6.73. The van der Waals surface area contributed by atoms with Gasteiger partial charge < -0.3 is 10.2 Å². The highest BCUT2D eigenvalue weighted by atomic mass is 15.2. The second-order valence-electron chi connectivity index (χ2n) is 18.8. The second-order valence-corrected chi connectivity index (χ2v) is 18.8. The minimum Gasteiger partial charge on any atom is -0.355 e. The Bertz CT molecular complexity index is 3610. The van der Waals surface area contributed by atoms with E-state index in [2.05, 4.69) is 245 Å². The van der Waals surface area contributed by atoms with Crippen molar-refractivity contribution in [3.63, 3.8) is 0 Å². The number of fused-ring (bicyclic) bond motifs is 9. The average molecular weight is 842 g/mol. The van der Waals surface area contributed by atoms with E-state index in [0.717, 1.165) is 23.4 Å². The third kappa shape index (κ3) is 6.03. The first kappa shape index (κ1) is 38.6. The van der Waals surface area contributed by atoms with Crippen molar-refractivity contribution < 1.29 is 0 Å². The summed E-state index contributed by atoms with van der Waals surface area (Å²) in [7, 11) is 2.47. The fourth-order valence-electron chi connectivity index (χ4n) is 11.3. The first-order valence-corrected chi connectivity index (χ1v) is 23.2. The number of nitrogens with zero attached hydrogens (tertiary/aromatic N) is 1. The van der Waals surface area contributed by atoms with Gasteiger partial charge in [0, 0.05) is 39.1 Å². The van der Waals surface area contributed by atoms with Gasteiger partial charge in [0.25, 0.3) is 0 Å². The largest absolute Gasteiger partial charge is 0.355 e. The summed E-state index contributed by atoms with van der Waals surface area (Å²) < 4.78 is 0. The van der Waals surface area contributed by atoms with Crippen LogP contribution in [-0.4, -0.2) is 7.28 Å². The number of hydrogen-bond acceptors (Lipinski definition) is 2. The Kier molecular flexibility index (Phi) is 8.67. The molecule has 1 N–H and O–H groups in total. The molecule has 311 valence electrons. The van der Waals surface area contributed by atoms with Crippen LogP contribution in [0.1, 0.15) is 41.7 Å². The van der Waals surface area contributed by atoms with Crippen molar-refractivity contribution in [2.75, 3.05) is 10.2 Å². The monoisotopic (exact) mass is 841 g/mol. The molecular formula is C63H46BN2. The van der Waals surface area contributed by atoms with E-state index in [-0.39, 0.29) is 5.41 Å². The zero-order chi connectivity index (χ0) is 44.1. The van der Waals surface area contributed by atoms with Gasteiger partial charge in [-0.15, -0.1) is 0 Å². The van der Waals surface area contributed by atoms with Crippen molar-refractivity contribution in [1.82, 2.24) is 0 Å². The molecule has 10 aromatic carbocycles. The Hall–Kier alpha value is -7.88. The number of hydrogen-bond donors (Lipinski definition) is 1. The van der Waals surface area contributed by atoms with Gasteiger partial charge in [-0.05, 0) is 145 Å². The van der Waals surface area contributed by atoms with Crippen molar-refractivity contribution in [1.29, 1.82) is 0 Å². The summed E-state index contributed by atoms with van der Waals surface area (Å²) in [4.78, 5) is 2.56. The van der Waals surface area contributed by atoms with Crippen molar-refractivity contribution in [3.05, 3.63) is 234 Å². The zero-order valence-electron chi connectivity index (χ0n) is 37.4. The van der Waals surface area contributed by atoms with E-state index in [1.54, 1.807) is 0 Å². The van der Waals surface area contributed by atoms with E-state index in [4.69, 9.17) is 0 Å². The van der Waals surface area contributed by atoms with Crippen LogP contribution in [0.3, 0.4) is 0 Å². The molecule has 13 rings (SSSR count). The van der Waals surface area contributed by atoms with Gasteiger partial charge in [0.05, 0.1) is 5.69 Å². The van der Waals surface area contributed by atoms with Crippen molar-refractivity contribution >= 4 is 57.4 Å². The summed E-state index contributed by atoms with van der Waals surface area (Å²) in [5.74, 6) is 0. The van der Waals surface area contributed by atoms with Crippen LogP contribution in [0.15, 0.2) is 206 Å². The Balaban J connectivity index is 1.05. The van der Waals surface area contributed by atoms with Crippen LogP contribution in [0.2, 0.25) is 0 Å². The molecule has 2 aliphatic carbocycles. The molecule has 1 aliphatic heterocycles. The first-order valence-electron chi connectivity index (χ1n) is 23.2. The molecule has 1 heterocycles. The number of nitrogens with one attached hydrogen (secondary N) is 1. The van der Waals surface area contributed by atoms with Crippen LogP contribution < -0.4 is 21.1 Å². The number of aryl methyl sites for hydroxylation is 1. The Morgan fingerprint density at radius 2 is 1.15 bits per heavy atom. The third-order valence-electron chi connectivity index (χ3n) is 14.6. The lowest BCUT2D eigenvalue weighted by Gasteiger charge is -2.37. The van der Waals surface area contributed by atoms with E-state index in [9.17, 15) is 0 Å². The van der Waals surface area contributed by atoms with Gasteiger partial charge in [0.1, 0.15) is 0 Å². The smallest absolute Gasteiger partial charge is 0.197 e. The van der Waals surface area contributed by atoms with Gasteiger partial charge >= 0.3 is 0 Å². The summed E-state index contributed by atoms with van der Waals surface area (Å²) >= 11 is 0. The van der Waals surface area contributed by atoms with E-state index in [0.29, 0.717) is 0 Å². The topological polar surface area (TPSA) is 15.3 Å². The lowest BCUT2D eigenvalue weighted by Crippen LogP contribution is -2.41. The maximum Gasteiger partial charge on any atom is 0.197 e. The minimum absolute atomic E-state index is 0.113. The summed E-state index contributed by atoms with van der Waals surface area (Å²) in [6.07, 6.45) is 0.929. The molecule has 0 unspecified atom stereocenters. The van der Waals surface area contributed by atoms with Crippen LogP contribution >= 0.6 is 0 Å². The van der Waals surface area contributed by atoms with Crippen LogP contribution in [0, 0.1) is 6.92 Å². The summed E-state index contributed by atoms with van der Waals surface area (Å²) in [5.41, 5.74) is 27.2. The number of rotatable bonds is 6. The van der Waals surface area contributed by atoms with E-state index in [1.807, 2.05) is 0 Å². The summed E-state index contributed by atoms with van der Waals surface area (Å²) in [6.45, 7) is 6.99. The maximum atomic E-state index is 4.08. The molecule has 3 aliphatic rings. The molecule has 0 saturated heterocycles. The highest BCUT2D eigenvalue weighted by Crippen LogP contribution is 2.51. The van der Waals surface area contributed by atoms with Gasteiger partial charge in [-0.25, -0.2) is 0 Å². The van der Waals surface area contributed by atoms with Gasteiger partial charge in [0.15, 0.2) is 7.28 Å². The SMILES string of the molecule is Cc1cc(-c2ccccc2)ccc1N1c2cc3c(cc2[B]c2c(-c4ccc5ccccc5c4Nc4ccc5c(c4)C(C)(C)c4ccccc4-5)cc(-c4ccccc4)cc21)-c1ccccc1C3. The standard InChI is InChI=1S/C63H46BN2/c1-39-32-43(40-16-6-4-7-17-40)27-31-58(39)66-59-36-46-33-44-21-11-12-22-48(44)53(46)38-57(59)64-61-54(34-45(35-60(61)66)41-18-8-5-9-19-41)52-29-26-42-20-10-13-23-49(42)62(52)65-47-28-30-51-50-24-14-15-25-55(50)63(2,3)56(51)37-47/h4-32,34-38,65H,33H2,1-3H3. The van der Waals surface area contributed by atoms with Crippen LogP contribution in [0.4, 0.5) is 28.4 Å². The van der Waals surface area contributed by atoms with Crippen LogP contribution in [0.25, 0.3) is 66.4 Å². The second kappa shape index (κ2) is 14.8. The first-order chi connectivity index (χ1) is 32.4. The fraction of sp³-hybridized carbons (Fsp3) is 0.0794. The molecule has 2 nitrogen and oxygen atoms in total. The Labute approximate surface area is 388 Å². The Morgan fingerprint density at radius 3 is 1.97 bits per heavy atom. The van der Waals surface area contributed by atoms with Crippen molar-refractivity contribution in [2.24, 2.45) is 0 Å². The fourth-order valence-corrected chi connectivity index (χ4v) is 11.3. The van der Waals surface area contributed by atoms with Gasteiger partial charge in [-0.2, -0.15) is 0 Å². The zero-order valence-corrected chi connectivity index (χ0v) is 37.4. The Morgan fingerprint density at radius 1 is 0.455 bits per heavy atom. The molecule has 0 fully saturated rings. The van der Waals surface area contributed by atoms with E-state index >= 15 is 0 Å². The number of benzene rings is 10. The quantitative estimate of drug-likeness (QED) is 0.168. The predicted octanol–water partition coefficient (Wildman–Crippen LogP) is 15.2. The minimum atomic E-state index is -0.113.